The number of nitrogens with zero attached hydrogens (tertiary/aromatic N) is 1. The Morgan fingerprint density at radius 2 is 2.29 bits per heavy atom. The Labute approximate surface area is 85.4 Å². The molecule has 4 nitrogen and oxygen atoms in total. The first kappa shape index (κ1) is 11.5. The molecule has 1 fully saturated rings. The Kier molecular flexibility index (Phi) is 3.50. The molecule has 1 amide bonds. The van der Waals surface area contributed by atoms with Crippen molar-refractivity contribution in [1.29, 1.82) is 0 Å². The van der Waals surface area contributed by atoms with Gasteiger partial charge in [0.2, 0.25) is 5.91 Å². The van der Waals surface area contributed by atoms with E-state index < -0.39 is 5.54 Å². The van der Waals surface area contributed by atoms with Crippen LogP contribution >= 0.6 is 0 Å². The molecule has 14 heavy (non-hydrogen) atoms. The highest BCUT2D eigenvalue weighted by molar-refractivity contribution is 5.85. The molecule has 82 valence electrons. The van der Waals surface area contributed by atoms with Crippen LogP contribution < -0.4 is 5.73 Å². The maximum absolute atomic E-state index is 11.9. The maximum atomic E-state index is 11.9. The highest BCUT2D eigenvalue weighted by atomic mass is 16.5. The fourth-order valence-electron chi connectivity index (χ4n) is 1.63. The fourth-order valence-corrected chi connectivity index (χ4v) is 1.63. The Hall–Kier alpha value is -0.610. The fraction of sp³-hybridized carbons (Fsp3) is 0.900. The number of nitrogens with two attached hydrogens (primary N) is 1. The topological polar surface area (TPSA) is 55.6 Å². The van der Waals surface area contributed by atoms with Gasteiger partial charge in [-0.1, -0.05) is 6.92 Å². The van der Waals surface area contributed by atoms with Crippen molar-refractivity contribution < 1.29 is 9.53 Å². The first-order valence-electron chi connectivity index (χ1n) is 5.14. The molecule has 0 aliphatic carbocycles. The van der Waals surface area contributed by atoms with Crippen LogP contribution in [0.5, 0.6) is 0 Å². The molecule has 0 radical (unpaired) electrons. The van der Waals surface area contributed by atoms with E-state index in [0.717, 1.165) is 6.42 Å². The largest absolute Gasteiger partial charge is 0.377 e. The van der Waals surface area contributed by atoms with Crippen LogP contribution in [0.3, 0.4) is 0 Å². The molecule has 1 aliphatic rings. The Bertz CT molecular complexity index is 211. The Morgan fingerprint density at radius 1 is 1.64 bits per heavy atom. The van der Waals surface area contributed by atoms with Crippen molar-refractivity contribution in [2.75, 3.05) is 19.8 Å². The van der Waals surface area contributed by atoms with Gasteiger partial charge in [0.05, 0.1) is 24.8 Å². The second-order valence-corrected chi connectivity index (χ2v) is 4.36. The minimum Gasteiger partial charge on any atom is -0.377 e. The number of hydrogen-bond donors (Lipinski definition) is 1. The van der Waals surface area contributed by atoms with Gasteiger partial charge in [0.1, 0.15) is 0 Å². The van der Waals surface area contributed by atoms with E-state index >= 15 is 0 Å². The summed E-state index contributed by atoms with van der Waals surface area (Å²) in [7, 11) is 0. The first-order valence-corrected chi connectivity index (χ1v) is 5.14. The third-order valence-corrected chi connectivity index (χ3v) is 2.51. The lowest BCUT2D eigenvalue weighted by molar-refractivity contribution is -0.144. The summed E-state index contributed by atoms with van der Waals surface area (Å²) in [6, 6.07) is 0.194. The van der Waals surface area contributed by atoms with E-state index in [1.54, 1.807) is 13.8 Å². The number of morpholine rings is 1. The molecule has 1 atom stereocenters. The van der Waals surface area contributed by atoms with Gasteiger partial charge < -0.3 is 15.4 Å². The summed E-state index contributed by atoms with van der Waals surface area (Å²) in [5, 5.41) is 0. The van der Waals surface area contributed by atoms with Gasteiger partial charge in [0.15, 0.2) is 0 Å². The molecule has 0 aromatic heterocycles. The molecule has 0 saturated carbocycles. The molecule has 0 aromatic carbocycles. The van der Waals surface area contributed by atoms with Gasteiger partial charge in [-0.05, 0) is 20.3 Å². The first-order chi connectivity index (χ1) is 6.46. The van der Waals surface area contributed by atoms with Gasteiger partial charge >= 0.3 is 0 Å². The summed E-state index contributed by atoms with van der Waals surface area (Å²) in [4.78, 5) is 13.8. The minimum atomic E-state index is -0.773. The molecule has 1 rings (SSSR count). The third-order valence-electron chi connectivity index (χ3n) is 2.51. The standard InChI is InChI=1S/C10H20N2O2/c1-4-8-7-14-6-5-12(8)9(13)10(2,3)11/h8H,4-7,11H2,1-3H3. The summed E-state index contributed by atoms with van der Waals surface area (Å²) in [5.74, 6) is 0.0210. The van der Waals surface area contributed by atoms with E-state index in [2.05, 4.69) is 6.92 Å². The molecule has 4 heteroatoms. The van der Waals surface area contributed by atoms with Crippen LogP contribution in [0.4, 0.5) is 0 Å². The van der Waals surface area contributed by atoms with Crippen LogP contribution in [0.25, 0.3) is 0 Å². The van der Waals surface area contributed by atoms with Crippen LogP contribution in [0.2, 0.25) is 0 Å². The molecule has 1 saturated heterocycles. The predicted molar refractivity (Wildman–Crippen MR) is 54.9 cm³/mol. The van der Waals surface area contributed by atoms with E-state index in [0.29, 0.717) is 19.8 Å². The number of carbonyl (C=O) groups is 1. The summed E-state index contributed by atoms with van der Waals surface area (Å²) < 4.78 is 5.33. The molecular formula is C10H20N2O2. The summed E-state index contributed by atoms with van der Waals surface area (Å²) in [5.41, 5.74) is 5.02. The number of ether oxygens (including phenoxy) is 1. The van der Waals surface area contributed by atoms with Gasteiger partial charge in [-0.15, -0.1) is 0 Å². The Balaban J connectivity index is 2.69. The summed E-state index contributed by atoms with van der Waals surface area (Å²) in [6.07, 6.45) is 0.918. The number of amides is 1. The molecule has 1 unspecified atom stereocenters. The smallest absolute Gasteiger partial charge is 0.242 e. The molecule has 0 spiro atoms. The van der Waals surface area contributed by atoms with Crippen LogP contribution in [0.1, 0.15) is 27.2 Å². The molecule has 1 aliphatic heterocycles. The Morgan fingerprint density at radius 3 is 2.79 bits per heavy atom. The zero-order chi connectivity index (χ0) is 10.8. The van der Waals surface area contributed by atoms with Crippen LogP contribution in [0, 0.1) is 0 Å². The lowest BCUT2D eigenvalue weighted by atomic mass is 10.0. The second-order valence-electron chi connectivity index (χ2n) is 4.36. The molecule has 1 heterocycles. The van der Waals surface area contributed by atoms with Crippen LogP contribution in [-0.2, 0) is 9.53 Å². The molecule has 0 aromatic rings. The van der Waals surface area contributed by atoms with Gasteiger partial charge in [0, 0.05) is 6.54 Å². The van der Waals surface area contributed by atoms with Gasteiger partial charge in [-0.3, -0.25) is 4.79 Å². The zero-order valence-corrected chi connectivity index (χ0v) is 9.25. The van der Waals surface area contributed by atoms with Crippen molar-refractivity contribution in [1.82, 2.24) is 4.90 Å². The molecular weight excluding hydrogens is 180 g/mol. The SMILES string of the molecule is CCC1COCCN1C(=O)C(C)(C)N. The number of carbonyl (C=O) groups excluding carboxylic acids is 1. The summed E-state index contributed by atoms with van der Waals surface area (Å²) >= 11 is 0. The van der Waals surface area contributed by atoms with Crippen LogP contribution in [0.15, 0.2) is 0 Å². The zero-order valence-electron chi connectivity index (χ0n) is 9.25. The number of rotatable bonds is 2. The summed E-state index contributed by atoms with van der Waals surface area (Å²) in [6.45, 7) is 7.48. The van der Waals surface area contributed by atoms with Crippen molar-refractivity contribution in [3.8, 4) is 0 Å². The molecule has 0 bridgehead atoms. The maximum Gasteiger partial charge on any atom is 0.242 e. The lowest BCUT2D eigenvalue weighted by Crippen LogP contribution is -2.57. The lowest BCUT2D eigenvalue weighted by Gasteiger charge is -2.38. The predicted octanol–water partition coefficient (Wildman–Crippen LogP) is 0.361. The van der Waals surface area contributed by atoms with Crippen molar-refractivity contribution in [2.24, 2.45) is 5.73 Å². The normalized spacial score (nSPS) is 23.7. The molecule has 2 N–H and O–H groups in total. The average Bonchev–Trinajstić information content (AvgIpc) is 2.15. The van der Waals surface area contributed by atoms with Gasteiger partial charge in [-0.25, -0.2) is 0 Å². The van der Waals surface area contributed by atoms with E-state index in [9.17, 15) is 4.79 Å². The van der Waals surface area contributed by atoms with Gasteiger partial charge in [-0.2, -0.15) is 0 Å². The average molecular weight is 200 g/mol. The van der Waals surface area contributed by atoms with Crippen molar-refractivity contribution >= 4 is 5.91 Å². The van der Waals surface area contributed by atoms with E-state index in [1.807, 2.05) is 4.90 Å². The van der Waals surface area contributed by atoms with E-state index in [1.165, 1.54) is 0 Å². The third kappa shape index (κ3) is 2.45. The highest BCUT2D eigenvalue weighted by Crippen LogP contribution is 2.14. The quantitative estimate of drug-likeness (QED) is 0.700. The highest BCUT2D eigenvalue weighted by Gasteiger charge is 2.33. The number of hydrogen-bond acceptors (Lipinski definition) is 3. The monoisotopic (exact) mass is 200 g/mol. The van der Waals surface area contributed by atoms with Crippen molar-refractivity contribution in [2.45, 2.75) is 38.8 Å². The minimum absolute atomic E-state index is 0.0210. The van der Waals surface area contributed by atoms with Crippen molar-refractivity contribution in [3.63, 3.8) is 0 Å². The van der Waals surface area contributed by atoms with Crippen molar-refractivity contribution in [3.05, 3.63) is 0 Å². The second kappa shape index (κ2) is 4.28. The van der Waals surface area contributed by atoms with Crippen LogP contribution in [-0.4, -0.2) is 42.1 Å². The van der Waals surface area contributed by atoms with E-state index in [-0.39, 0.29) is 11.9 Å². The van der Waals surface area contributed by atoms with E-state index in [4.69, 9.17) is 10.5 Å². The van der Waals surface area contributed by atoms with Gasteiger partial charge in [0.25, 0.3) is 0 Å².